The Labute approximate surface area is 233 Å². The van der Waals surface area contributed by atoms with Gasteiger partial charge in [-0.2, -0.15) is 0 Å². The fourth-order valence-electron chi connectivity index (χ4n) is 6.49. The molecule has 8 rings (SSSR count). The van der Waals surface area contributed by atoms with Crippen LogP contribution in [0.25, 0.3) is 55.0 Å². The molecule has 190 valence electrons. The summed E-state index contributed by atoms with van der Waals surface area (Å²) in [4.78, 5) is 0. The van der Waals surface area contributed by atoms with E-state index in [0.29, 0.717) is 0 Å². The maximum Gasteiger partial charge on any atom is 0.0543 e. The molecule has 2 nitrogen and oxygen atoms in total. The molecule has 0 fully saturated rings. The van der Waals surface area contributed by atoms with Gasteiger partial charge in [-0.05, 0) is 78.6 Å². The van der Waals surface area contributed by atoms with Crippen LogP contribution in [0.4, 0.5) is 0 Å². The monoisotopic (exact) mass is 512 g/mol. The summed E-state index contributed by atoms with van der Waals surface area (Å²) >= 11 is 0. The lowest BCUT2D eigenvalue weighted by atomic mass is 9.98. The first-order valence-corrected chi connectivity index (χ1v) is 13.9. The summed E-state index contributed by atoms with van der Waals surface area (Å²) in [6.45, 7) is 2.16. The number of aryl methyl sites for hydroxylation is 1. The molecule has 0 unspecified atom stereocenters. The van der Waals surface area contributed by atoms with Crippen molar-refractivity contribution in [2.45, 2.75) is 13.3 Å². The first kappa shape index (κ1) is 22.9. The quantitative estimate of drug-likeness (QED) is 0.222. The minimum atomic E-state index is 0.866. The zero-order chi connectivity index (χ0) is 26.6. The molecule has 0 saturated carbocycles. The first-order chi connectivity index (χ1) is 19.8. The molecular formula is C38H28N2. The van der Waals surface area contributed by atoms with Crippen LogP contribution in [0.5, 0.6) is 0 Å². The van der Waals surface area contributed by atoms with Gasteiger partial charge < -0.3 is 9.13 Å². The largest absolute Gasteiger partial charge is 0.309 e. The topological polar surface area (TPSA) is 9.86 Å². The van der Waals surface area contributed by atoms with Gasteiger partial charge in [0.25, 0.3) is 0 Å². The molecule has 0 spiro atoms. The number of benzene rings is 6. The van der Waals surface area contributed by atoms with Crippen LogP contribution >= 0.6 is 0 Å². The van der Waals surface area contributed by atoms with Gasteiger partial charge in [-0.25, -0.2) is 0 Å². The second kappa shape index (κ2) is 9.00. The van der Waals surface area contributed by atoms with Gasteiger partial charge in [-0.1, -0.05) is 91.0 Å². The molecule has 0 bridgehead atoms. The predicted octanol–water partition coefficient (Wildman–Crippen LogP) is 9.78. The third-order valence-electron chi connectivity index (χ3n) is 8.19. The Morgan fingerprint density at radius 3 is 1.90 bits per heavy atom. The maximum absolute atomic E-state index is 2.41. The van der Waals surface area contributed by atoms with Crippen LogP contribution in [0.2, 0.25) is 0 Å². The van der Waals surface area contributed by atoms with Gasteiger partial charge in [0.1, 0.15) is 0 Å². The van der Waals surface area contributed by atoms with E-state index >= 15 is 0 Å². The third-order valence-corrected chi connectivity index (χ3v) is 8.19. The molecule has 8 aromatic rings. The molecule has 40 heavy (non-hydrogen) atoms. The SMILES string of the molecule is Cc1cccc(-n2c3ccccc3c3c(Cc4ccc5c6ccccc6n(-c6ccccc6)c5c4)cccc32)c1. The maximum atomic E-state index is 2.41. The Hall–Kier alpha value is -5.08. The van der Waals surface area contributed by atoms with Crippen LogP contribution in [0.1, 0.15) is 16.7 Å². The van der Waals surface area contributed by atoms with Crippen molar-refractivity contribution in [3.63, 3.8) is 0 Å². The van der Waals surface area contributed by atoms with E-state index in [1.54, 1.807) is 0 Å². The highest BCUT2D eigenvalue weighted by molar-refractivity contribution is 6.11. The van der Waals surface area contributed by atoms with Gasteiger partial charge >= 0.3 is 0 Å². The molecule has 0 amide bonds. The van der Waals surface area contributed by atoms with Crippen molar-refractivity contribution < 1.29 is 0 Å². The van der Waals surface area contributed by atoms with E-state index in [9.17, 15) is 0 Å². The van der Waals surface area contributed by atoms with Crippen molar-refractivity contribution in [1.82, 2.24) is 9.13 Å². The molecule has 2 heteroatoms. The molecule has 0 aliphatic rings. The molecular weight excluding hydrogens is 484 g/mol. The number of aromatic nitrogens is 2. The van der Waals surface area contributed by atoms with E-state index in [0.717, 1.165) is 6.42 Å². The van der Waals surface area contributed by atoms with Crippen molar-refractivity contribution in [3.05, 3.63) is 156 Å². The highest BCUT2D eigenvalue weighted by atomic mass is 15.0. The molecule has 0 radical (unpaired) electrons. The molecule has 0 aliphatic carbocycles. The van der Waals surface area contributed by atoms with Crippen molar-refractivity contribution in [2.24, 2.45) is 0 Å². The van der Waals surface area contributed by atoms with Crippen LogP contribution < -0.4 is 0 Å². The number of hydrogen-bond acceptors (Lipinski definition) is 0. The van der Waals surface area contributed by atoms with Crippen LogP contribution in [0, 0.1) is 6.92 Å². The van der Waals surface area contributed by atoms with Gasteiger partial charge in [-0.15, -0.1) is 0 Å². The highest BCUT2D eigenvalue weighted by Crippen LogP contribution is 2.37. The Balaban J connectivity index is 1.34. The van der Waals surface area contributed by atoms with Crippen molar-refractivity contribution in [3.8, 4) is 11.4 Å². The fourth-order valence-corrected chi connectivity index (χ4v) is 6.49. The van der Waals surface area contributed by atoms with Crippen molar-refractivity contribution in [2.75, 3.05) is 0 Å². The number of hydrogen-bond donors (Lipinski definition) is 0. The summed E-state index contributed by atoms with van der Waals surface area (Å²) in [6, 6.07) is 50.8. The summed E-state index contributed by atoms with van der Waals surface area (Å²) in [5.74, 6) is 0. The van der Waals surface area contributed by atoms with E-state index in [1.165, 1.54) is 71.7 Å². The van der Waals surface area contributed by atoms with Gasteiger partial charge in [0.2, 0.25) is 0 Å². The van der Waals surface area contributed by atoms with Gasteiger partial charge in [0.05, 0.1) is 22.1 Å². The van der Waals surface area contributed by atoms with Crippen LogP contribution in [0.15, 0.2) is 140 Å². The number of fused-ring (bicyclic) bond motifs is 6. The standard InChI is InChI=1S/C38H28N2/c1-26-11-9-15-30(23-26)40-35-19-8-6-17-33(35)38-28(12-10-20-36(38)40)24-27-21-22-32-31-16-5-7-18-34(31)39(37(32)25-27)29-13-3-2-4-14-29/h2-23,25H,24H2,1H3. The van der Waals surface area contributed by atoms with Gasteiger partial charge in [0, 0.05) is 32.9 Å². The summed E-state index contributed by atoms with van der Waals surface area (Å²) in [6.07, 6.45) is 0.866. The Bertz CT molecular complexity index is 2190. The predicted molar refractivity (Wildman–Crippen MR) is 169 cm³/mol. The highest BCUT2D eigenvalue weighted by Gasteiger charge is 2.17. The minimum absolute atomic E-state index is 0.866. The molecule has 0 N–H and O–H groups in total. The minimum Gasteiger partial charge on any atom is -0.309 e. The lowest BCUT2D eigenvalue weighted by Crippen LogP contribution is -1.96. The van der Waals surface area contributed by atoms with Gasteiger partial charge in [0.15, 0.2) is 0 Å². The second-order valence-electron chi connectivity index (χ2n) is 10.7. The first-order valence-electron chi connectivity index (χ1n) is 13.9. The summed E-state index contributed by atoms with van der Waals surface area (Å²) in [7, 11) is 0. The molecule has 0 atom stereocenters. The van der Waals surface area contributed by atoms with E-state index in [2.05, 4.69) is 156 Å². The summed E-state index contributed by atoms with van der Waals surface area (Å²) < 4.78 is 4.82. The van der Waals surface area contributed by atoms with E-state index in [-0.39, 0.29) is 0 Å². The van der Waals surface area contributed by atoms with Crippen LogP contribution in [0.3, 0.4) is 0 Å². The lowest BCUT2D eigenvalue weighted by molar-refractivity contribution is 1.16. The summed E-state index contributed by atoms with van der Waals surface area (Å²) in [5, 5.41) is 5.21. The van der Waals surface area contributed by atoms with E-state index < -0.39 is 0 Å². The molecule has 2 heterocycles. The van der Waals surface area contributed by atoms with E-state index in [4.69, 9.17) is 0 Å². The Morgan fingerprint density at radius 1 is 0.450 bits per heavy atom. The average Bonchev–Trinajstić information content (AvgIpc) is 3.51. The number of para-hydroxylation sites is 3. The normalized spacial score (nSPS) is 11.7. The second-order valence-corrected chi connectivity index (χ2v) is 10.7. The Kier molecular flexibility index (Phi) is 5.14. The van der Waals surface area contributed by atoms with Crippen molar-refractivity contribution in [1.29, 1.82) is 0 Å². The molecule has 0 aliphatic heterocycles. The number of rotatable bonds is 4. The van der Waals surface area contributed by atoms with Crippen molar-refractivity contribution >= 4 is 43.6 Å². The third kappa shape index (κ3) is 3.50. The van der Waals surface area contributed by atoms with Gasteiger partial charge in [-0.3, -0.25) is 0 Å². The fraction of sp³-hybridized carbons (Fsp3) is 0.0526. The molecule has 6 aromatic carbocycles. The zero-order valence-electron chi connectivity index (χ0n) is 22.4. The average molecular weight is 513 g/mol. The summed E-state index contributed by atoms with van der Waals surface area (Å²) in [5.41, 5.74) is 11.3. The van der Waals surface area contributed by atoms with Crippen LogP contribution in [-0.4, -0.2) is 9.13 Å². The molecule has 0 saturated heterocycles. The lowest BCUT2D eigenvalue weighted by Gasteiger charge is -2.10. The smallest absolute Gasteiger partial charge is 0.0543 e. The zero-order valence-corrected chi connectivity index (χ0v) is 22.4. The van der Waals surface area contributed by atoms with Crippen LogP contribution in [-0.2, 0) is 6.42 Å². The Morgan fingerprint density at radius 2 is 1.07 bits per heavy atom. The molecule has 2 aromatic heterocycles. The number of nitrogens with zero attached hydrogens (tertiary/aromatic N) is 2. The van der Waals surface area contributed by atoms with E-state index in [1.807, 2.05) is 0 Å².